The number of nitrogens with one attached hydrogen (secondary N) is 2. The molecule has 1 heterocycles. The number of carbonyl (C=O) groups excluding carboxylic acids is 1. The van der Waals surface area contributed by atoms with Gasteiger partial charge in [-0.2, -0.15) is 0 Å². The van der Waals surface area contributed by atoms with Crippen molar-refractivity contribution in [2.75, 3.05) is 17.2 Å². The Kier molecular flexibility index (Phi) is 5.94. The van der Waals surface area contributed by atoms with E-state index >= 15 is 0 Å². The summed E-state index contributed by atoms with van der Waals surface area (Å²) in [6, 6.07) is 13.6. The molecular weight excluding hydrogens is 347 g/mol. The van der Waals surface area contributed by atoms with Gasteiger partial charge >= 0.3 is 0 Å². The van der Waals surface area contributed by atoms with Crippen LogP contribution in [-0.4, -0.2) is 22.5 Å². The van der Waals surface area contributed by atoms with Crippen LogP contribution in [0, 0.1) is 5.82 Å². The van der Waals surface area contributed by atoms with Crippen LogP contribution >= 0.6 is 0 Å². The van der Waals surface area contributed by atoms with E-state index in [2.05, 4.69) is 20.6 Å². The SMILES string of the molecule is CCOc1ccccc1NC(=O)c1cnc(NCc2ccccc2F)cn1. The van der Waals surface area contributed by atoms with Gasteiger partial charge in [-0.1, -0.05) is 30.3 Å². The van der Waals surface area contributed by atoms with Gasteiger partial charge in [0.1, 0.15) is 23.1 Å². The zero-order valence-electron chi connectivity index (χ0n) is 14.8. The van der Waals surface area contributed by atoms with Crippen molar-refractivity contribution >= 4 is 17.4 Å². The van der Waals surface area contributed by atoms with Crippen LogP contribution in [0.1, 0.15) is 23.0 Å². The zero-order chi connectivity index (χ0) is 19.1. The van der Waals surface area contributed by atoms with Crippen molar-refractivity contribution in [1.82, 2.24) is 9.97 Å². The van der Waals surface area contributed by atoms with Crippen molar-refractivity contribution in [3.05, 3.63) is 78.0 Å². The summed E-state index contributed by atoms with van der Waals surface area (Å²) in [6.07, 6.45) is 2.80. The van der Waals surface area contributed by atoms with Gasteiger partial charge in [0.2, 0.25) is 0 Å². The van der Waals surface area contributed by atoms with E-state index in [9.17, 15) is 9.18 Å². The molecule has 0 unspecified atom stereocenters. The lowest BCUT2D eigenvalue weighted by Gasteiger charge is -2.11. The Labute approximate surface area is 156 Å². The van der Waals surface area contributed by atoms with Gasteiger partial charge in [-0.25, -0.2) is 14.4 Å². The van der Waals surface area contributed by atoms with Gasteiger partial charge in [-0.05, 0) is 25.1 Å². The van der Waals surface area contributed by atoms with E-state index in [1.807, 2.05) is 13.0 Å². The fraction of sp³-hybridized carbons (Fsp3) is 0.150. The third-order valence-electron chi connectivity index (χ3n) is 3.74. The number of para-hydroxylation sites is 2. The average molecular weight is 366 g/mol. The second-order valence-electron chi connectivity index (χ2n) is 5.62. The minimum absolute atomic E-state index is 0.165. The van der Waals surface area contributed by atoms with Gasteiger partial charge in [0.15, 0.2) is 0 Å². The summed E-state index contributed by atoms with van der Waals surface area (Å²) >= 11 is 0. The lowest BCUT2D eigenvalue weighted by atomic mass is 10.2. The predicted octanol–water partition coefficient (Wildman–Crippen LogP) is 3.88. The second kappa shape index (κ2) is 8.75. The largest absolute Gasteiger partial charge is 0.492 e. The molecule has 7 heteroatoms. The van der Waals surface area contributed by atoms with Crippen LogP contribution in [-0.2, 0) is 6.54 Å². The van der Waals surface area contributed by atoms with E-state index in [0.717, 1.165) is 0 Å². The van der Waals surface area contributed by atoms with E-state index < -0.39 is 5.91 Å². The fourth-order valence-corrected chi connectivity index (χ4v) is 2.40. The lowest BCUT2D eigenvalue weighted by molar-refractivity contribution is 0.102. The lowest BCUT2D eigenvalue weighted by Crippen LogP contribution is -2.15. The molecule has 0 bridgehead atoms. The minimum atomic E-state index is -0.393. The number of amides is 1. The Balaban J connectivity index is 1.63. The van der Waals surface area contributed by atoms with Crippen molar-refractivity contribution < 1.29 is 13.9 Å². The first-order chi connectivity index (χ1) is 13.2. The Morgan fingerprint density at radius 2 is 1.85 bits per heavy atom. The highest BCUT2D eigenvalue weighted by atomic mass is 19.1. The van der Waals surface area contributed by atoms with Crippen LogP contribution in [0.5, 0.6) is 5.75 Å². The van der Waals surface area contributed by atoms with Crippen molar-refractivity contribution in [3.8, 4) is 5.75 Å². The van der Waals surface area contributed by atoms with E-state index in [-0.39, 0.29) is 18.1 Å². The number of anilines is 2. The topological polar surface area (TPSA) is 76.1 Å². The standard InChI is InChI=1S/C20H19FN4O2/c1-2-27-18-10-6-5-9-16(18)25-20(26)17-12-24-19(13-22-17)23-11-14-7-3-4-8-15(14)21/h3-10,12-13H,2,11H2,1H3,(H,23,24)(H,25,26). The summed E-state index contributed by atoms with van der Waals surface area (Å²) in [5.74, 6) is 0.353. The highest BCUT2D eigenvalue weighted by Gasteiger charge is 2.11. The predicted molar refractivity (Wildman–Crippen MR) is 101 cm³/mol. The van der Waals surface area contributed by atoms with Crippen molar-refractivity contribution in [2.45, 2.75) is 13.5 Å². The molecule has 3 aromatic rings. The third-order valence-corrected chi connectivity index (χ3v) is 3.74. The zero-order valence-corrected chi connectivity index (χ0v) is 14.8. The number of ether oxygens (including phenoxy) is 1. The molecule has 138 valence electrons. The van der Waals surface area contributed by atoms with Crippen LogP contribution in [0.25, 0.3) is 0 Å². The number of hydrogen-bond acceptors (Lipinski definition) is 5. The minimum Gasteiger partial charge on any atom is -0.492 e. The number of carbonyl (C=O) groups is 1. The molecule has 2 aromatic carbocycles. The first kappa shape index (κ1) is 18.3. The molecule has 0 aliphatic carbocycles. The molecule has 1 amide bonds. The van der Waals surface area contributed by atoms with Gasteiger partial charge < -0.3 is 15.4 Å². The average Bonchev–Trinajstić information content (AvgIpc) is 2.69. The number of halogens is 1. The molecule has 0 fully saturated rings. The first-order valence-corrected chi connectivity index (χ1v) is 8.50. The molecule has 3 rings (SSSR count). The maximum absolute atomic E-state index is 13.6. The van der Waals surface area contributed by atoms with Gasteiger partial charge in [-0.15, -0.1) is 0 Å². The van der Waals surface area contributed by atoms with Crippen LogP contribution in [0.3, 0.4) is 0 Å². The Bertz CT molecular complexity index is 916. The molecule has 27 heavy (non-hydrogen) atoms. The van der Waals surface area contributed by atoms with Crippen LogP contribution in [0.2, 0.25) is 0 Å². The maximum Gasteiger partial charge on any atom is 0.275 e. The Morgan fingerprint density at radius 3 is 2.59 bits per heavy atom. The fourth-order valence-electron chi connectivity index (χ4n) is 2.40. The van der Waals surface area contributed by atoms with E-state index in [4.69, 9.17) is 4.74 Å². The molecular formula is C20H19FN4O2. The molecule has 6 nitrogen and oxygen atoms in total. The van der Waals surface area contributed by atoms with Crippen LogP contribution in [0.15, 0.2) is 60.9 Å². The van der Waals surface area contributed by atoms with Crippen molar-refractivity contribution in [2.24, 2.45) is 0 Å². The molecule has 0 atom stereocenters. The van der Waals surface area contributed by atoms with Gasteiger partial charge in [-0.3, -0.25) is 4.79 Å². The number of nitrogens with zero attached hydrogens (tertiary/aromatic N) is 2. The number of hydrogen-bond donors (Lipinski definition) is 2. The maximum atomic E-state index is 13.6. The quantitative estimate of drug-likeness (QED) is 0.664. The Hall–Kier alpha value is -3.48. The van der Waals surface area contributed by atoms with E-state index in [0.29, 0.717) is 29.4 Å². The number of rotatable bonds is 7. The van der Waals surface area contributed by atoms with E-state index in [1.165, 1.54) is 18.5 Å². The molecule has 0 radical (unpaired) electrons. The highest BCUT2D eigenvalue weighted by Crippen LogP contribution is 2.24. The van der Waals surface area contributed by atoms with Crippen LogP contribution < -0.4 is 15.4 Å². The third kappa shape index (κ3) is 4.78. The van der Waals surface area contributed by atoms with Crippen LogP contribution in [0.4, 0.5) is 15.9 Å². The summed E-state index contributed by atoms with van der Waals surface area (Å²) in [5, 5.41) is 5.74. The first-order valence-electron chi connectivity index (χ1n) is 8.50. The normalized spacial score (nSPS) is 10.3. The summed E-state index contributed by atoms with van der Waals surface area (Å²) < 4.78 is 19.1. The molecule has 0 saturated carbocycles. The van der Waals surface area contributed by atoms with Gasteiger partial charge in [0.25, 0.3) is 5.91 Å². The summed E-state index contributed by atoms with van der Waals surface area (Å²) in [5.41, 5.74) is 1.25. The molecule has 0 spiro atoms. The Morgan fingerprint density at radius 1 is 1.07 bits per heavy atom. The monoisotopic (exact) mass is 366 g/mol. The number of aromatic nitrogens is 2. The summed E-state index contributed by atoms with van der Waals surface area (Å²) in [6.45, 7) is 2.64. The molecule has 0 aliphatic heterocycles. The van der Waals surface area contributed by atoms with Gasteiger partial charge in [0, 0.05) is 12.1 Å². The van der Waals surface area contributed by atoms with E-state index in [1.54, 1.807) is 36.4 Å². The number of benzene rings is 2. The smallest absolute Gasteiger partial charge is 0.275 e. The van der Waals surface area contributed by atoms with Crippen molar-refractivity contribution in [3.63, 3.8) is 0 Å². The molecule has 0 aliphatic rings. The molecule has 0 saturated heterocycles. The summed E-state index contributed by atoms with van der Waals surface area (Å²) in [7, 11) is 0. The van der Waals surface area contributed by atoms with Crippen molar-refractivity contribution in [1.29, 1.82) is 0 Å². The second-order valence-corrected chi connectivity index (χ2v) is 5.62. The summed E-state index contributed by atoms with van der Waals surface area (Å²) in [4.78, 5) is 20.6. The van der Waals surface area contributed by atoms with Gasteiger partial charge in [0.05, 0.1) is 24.7 Å². The molecule has 2 N–H and O–H groups in total. The highest BCUT2D eigenvalue weighted by molar-refractivity contribution is 6.03. The molecule has 1 aromatic heterocycles.